The minimum atomic E-state index is 0.317. The largest absolute Gasteiger partial charge is 0.376 e. The fourth-order valence-electron chi connectivity index (χ4n) is 3.53. The van der Waals surface area contributed by atoms with E-state index in [0.29, 0.717) is 6.10 Å². The summed E-state index contributed by atoms with van der Waals surface area (Å²) < 4.78 is 7.40. The van der Waals surface area contributed by atoms with Gasteiger partial charge in [-0.15, -0.1) is 0 Å². The van der Waals surface area contributed by atoms with Crippen LogP contribution in [0.3, 0.4) is 0 Å². The zero-order chi connectivity index (χ0) is 17.8. The lowest BCUT2D eigenvalue weighted by Crippen LogP contribution is -2.44. The zero-order valence-electron chi connectivity index (χ0n) is 15.1. The number of nitrogens with one attached hydrogen (secondary N) is 1. The predicted octanol–water partition coefficient (Wildman–Crippen LogP) is 1.94. The molecule has 0 radical (unpaired) electrons. The molecule has 0 aromatic carbocycles. The molecule has 1 atom stereocenters. The van der Waals surface area contributed by atoms with Gasteiger partial charge in [0.2, 0.25) is 0 Å². The van der Waals surface area contributed by atoms with Crippen molar-refractivity contribution < 1.29 is 4.74 Å². The summed E-state index contributed by atoms with van der Waals surface area (Å²) in [5.41, 5.74) is 2.15. The van der Waals surface area contributed by atoms with Gasteiger partial charge in [-0.3, -0.25) is 9.58 Å². The van der Waals surface area contributed by atoms with Crippen molar-refractivity contribution in [3.8, 4) is 0 Å². The summed E-state index contributed by atoms with van der Waals surface area (Å²) in [6.07, 6.45) is 3.71. The molecule has 3 heterocycles. The molecule has 3 rings (SSSR count). The first-order chi connectivity index (χ1) is 12.0. The van der Waals surface area contributed by atoms with E-state index in [-0.39, 0.29) is 0 Å². The number of hydrogen-bond donors (Lipinski definition) is 1. The molecule has 2 aliphatic rings. The van der Waals surface area contributed by atoms with Crippen LogP contribution in [0.15, 0.2) is 0 Å². The quantitative estimate of drug-likeness (QED) is 0.799. The normalized spacial score (nSPS) is 22.2. The molecular formula is C17H28ClN5OS. The Kier molecular flexibility index (Phi) is 6.55. The van der Waals surface area contributed by atoms with Gasteiger partial charge in [-0.2, -0.15) is 5.10 Å². The van der Waals surface area contributed by atoms with Crippen LogP contribution in [-0.2, 0) is 18.3 Å². The number of thiocarbonyl (C=S) groups is 1. The molecule has 0 spiro atoms. The summed E-state index contributed by atoms with van der Waals surface area (Å²) in [6.45, 7) is 8.54. The maximum Gasteiger partial charge on any atom is 0.169 e. The van der Waals surface area contributed by atoms with Crippen molar-refractivity contribution in [3.63, 3.8) is 0 Å². The van der Waals surface area contributed by atoms with Crippen molar-refractivity contribution in [2.45, 2.75) is 38.8 Å². The summed E-state index contributed by atoms with van der Waals surface area (Å²) >= 11 is 12.0. The number of aryl methyl sites for hydroxylation is 2. The van der Waals surface area contributed by atoms with Crippen molar-refractivity contribution in [3.05, 3.63) is 16.4 Å². The van der Waals surface area contributed by atoms with Crippen LogP contribution in [0.5, 0.6) is 0 Å². The second-order valence-corrected chi connectivity index (χ2v) is 7.66. The lowest BCUT2D eigenvalue weighted by molar-refractivity contribution is 0.113. The maximum absolute atomic E-state index is 6.38. The lowest BCUT2D eigenvalue weighted by atomic mass is 10.2. The highest BCUT2D eigenvalue weighted by atomic mass is 35.5. The number of ether oxygens (including phenoxy) is 1. The molecule has 2 saturated heterocycles. The first-order valence-electron chi connectivity index (χ1n) is 9.09. The smallest absolute Gasteiger partial charge is 0.169 e. The van der Waals surface area contributed by atoms with Gasteiger partial charge in [0.25, 0.3) is 0 Å². The van der Waals surface area contributed by atoms with Crippen LogP contribution in [0.2, 0.25) is 5.15 Å². The van der Waals surface area contributed by atoms with Crippen LogP contribution >= 0.6 is 23.8 Å². The molecule has 1 aromatic rings. The van der Waals surface area contributed by atoms with Gasteiger partial charge in [0.15, 0.2) is 5.11 Å². The van der Waals surface area contributed by atoms with Gasteiger partial charge in [0, 0.05) is 58.5 Å². The zero-order valence-corrected chi connectivity index (χ0v) is 16.7. The van der Waals surface area contributed by atoms with Crippen molar-refractivity contribution in [2.75, 3.05) is 39.3 Å². The highest BCUT2D eigenvalue weighted by Gasteiger charge is 2.21. The van der Waals surface area contributed by atoms with Crippen molar-refractivity contribution in [2.24, 2.45) is 7.05 Å². The van der Waals surface area contributed by atoms with Gasteiger partial charge in [0.05, 0.1) is 11.8 Å². The fourth-order valence-corrected chi connectivity index (χ4v) is 4.03. The van der Waals surface area contributed by atoms with Crippen LogP contribution in [-0.4, -0.2) is 70.1 Å². The van der Waals surface area contributed by atoms with Crippen molar-refractivity contribution in [1.82, 2.24) is 24.9 Å². The van der Waals surface area contributed by atoms with Crippen LogP contribution in [0.25, 0.3) is 0 Å². The lowest BCUT2D eigenvalue weighted by Gasteiger charge is -2.25. The van der Waals surface area contributed by atoms with E-state index in [1.807, 2.05) is 14.0 Å². The van der Waals surface area contributed by atoms with Gasteiger partial charge in [-0.05, 0) is 38.4 Å². The summed E-state index contributed by atoms with van der Waals surface area (Å²) in [6, 6.07) is 0. The Morgan fingerprint density at radius 3 is 2.84 bits per heavy atom. The van der Waals surface area contributed by atoms with Gasteiger partial charge < -0.3 is 15.0 Å². The molecule has 2 fully saturated rings. The number of hydrogen-bond acceptors (Lipinski definition) is 4. The summed E-state index contributed by atoms with van der Waals surface area (Å²) in [4.78, 5) is 4.72. The first-order valence-corrected chi connectivity index (χ1v) is 9.88. The molecule has 1 unspecified atom stereocenters. The molecule has 0 bridgehead atoms. The van der Waals surface area contributed by atoms with Crippen LogP contribution in [0.1, 0.15) is 30.5 Å². The molecular weight excluding hydrogens is 358 g/mol. The van der Waals surface area contributed by atoms with Crippen LogP contribution < -0.4 is 5.32 Å². The standard InChI is InChI=1S/C17H28ClN5OS/c1-13-15(16(18)21(2)20-13)12-22-6-4-7-23(9-8-22)17(25)19-11-14-5-3-10-24-14/h14H,3-12H2,1-2H3,(H,19,25). The Morgan fingerprint density at radius 1 is 1.32 bits per heavy atom. The summed E-state index contributed by atoms with van der Waals surface area (Å²) in [5, 5.41) is 9.39. The molecule has 25 heavy (non-hydrogen) atoms. The van der Waals surface area contributed by atoms with Crippen molar-refractivity contribution in [1.29, 1.82) is 0 Å². The molecule has 8 heteroatoms. The van der Waals surface area contributed by atoms with Crippen LogP contribution in [0.4, 0.5) is 0 Å². The third-order valence-corrected chi connectivity index (χ3v) is 5.91. The minimum absolute atomic E-state index is 0.317. The Labute approximate surface area is 160 Å². The third-order valence-electron chi connectivity index (χ3n) is 5.03. The van der Waals surface area contributed by atoms with E-state index in [1.165, 1.54) is 0 Å². The number of rotatable bonds is 4. The van der Waals surface area contributed by atoms with E-state index in [2.05, 4.69) is 20.2 Å². The maximum atomic E-state index is 6.38. The van der Waals surface area contributed by atoms with Gasteiger partial charge in [0.1, 0.15) is 5.15 Å². The van der Waals surface area contributed by atoms with E-state index in [4.69, 9.17) is 28.6 Å². The molecule has 0 aliphatic carbocycles. The second-order valence-electron chi connectivity index (χ2n) is 6.92. The molecule has 2 aliphatic heterocycles. The number of halogens is 1. The molecule has 0 amide bonds. The Bertz CT molecular complexity index is 602. The summed E-state index contributed by atoms with van der Waals surface area (Å²) in [5.74, 6) is 0. The predicted molar refractivity (Wildman–Crippen MR) is 104 cm³/mol. The Hall–Kier alpha value is -0.890. The monoisotopic (exact) mass is 385 g/mol. The van der Waals surface area contributed by atoms with Gasteiger partial charge in [-0.25, -0.2) is 0 Å². The molecule has 6 nitrogen and oxygen atoms in total. The van der Waals surface area contributed by atoms with E-state index in [9.17, 15) is 0 Å². The van der Waals surface area contributed by atoms with Crippen LogP contribution in [0, 0.1) is 6.92 Å². The van der Waals surface area contributed by atoms with Gasteiger partial charge in [-0.1, -0.05) is 11.6 Å². The number of aromatic nitrogens is 2. The SMILES string of the molecule is Cc1nn(C)c(Cl)c1CN1CCCN(C(=S)NCC2CCCO2)CC1. The highest BCUT2D eigenvalue weighted by molar-refractivity contribution is 7.80. The second kappa shape index (κ2) is 8.66. The molecule has 0 saturated carbocycles. The number of nitrogens with zero attached hydrogens (tertiary/aromatic N) is 4. The minimum Gasteiger partial charge on any atom is -0.376 e. The third kappa shape index (κ3) is 4.84. The average Bonchev–Trinajstić information content (AvgIpc) is 3.10. The Balaban J connectivity index is 1.49. The van der Waals surface area contributed by atoms with E-state index in [0.717, 1.165) is 86.7 Å². The Morgan fingerprint density at radius 2 is 2.16 bits per heavy atom. The first kappa shape index (κ1) is 18.9. The van der Waals surface area contributed by atoms with Crippen molar-refractivity contribution >= 4 is 28.9 Å². The topological polar surface area (TPSA) is 45.6 Å². The van der Waals surface area contributed by atoms with Gasteiger partial charge >= 0.3 is 0 Å². The molecule has 1 aromatic heterocycles. The molecule has 140 valence electrons. The average molecular weight is 386 g/mol. The summed E-state index contributed by atoms with van der Waals surface area (Å²) in [7, 11) is 1.89. The highest BCUT2D eigenvalue weighted by Crippen LogP contribution is 2.21. The van der Waals surface area contributed by atoms with E-state index in [1.54, 1.807) is 4.68 Å². The molecule has 1 N–H and O–H groups in total. The fraction of sp³-hybridized carbons (Fsp3) is 0.765. The van der Waals surface area contributed by atoms with E-state index >= 15 is 0 Å². The van der Waals surface area contributed by atoms with E-state index < -0.39 is 0 Å².